The van der Waals surface area contributed by atoms with Gasteiger partial charge in [-0.3, -0.25) is 0 Å². The molecule has 4 heterocycles. The highest BCUT2D eigenvalue weighted by atomic mass is 35.5. The summed E-state index contributed by atoms with van der Waals surface area (Å²) in [4.78, 5) is 1.20. The lowest BCUT2D eigenvalue weighted by Gasteiger charge is -2.12. The van der Waals surface area contributed by atoms with Gasteiger partial charge >= 0.3 is 6.18 Å². The van der Waals surface area contributed by atoms with E-state index in [0.29, 0.717) is 25.6 Å². The van der Waals surface area contributed by atoms with Crippen LogP contribution >= 0.6 is 81.2 Å². The van der Waals surface area contributed by atoms with Crippen molar-refractivity contribution in [3.05, 3.63) is 88.3 Å². The van der Waals surface area contributed by atoms with E-state index in [1.165, 1.54) is 6.07 Å². The highest BCUT2D eigenvalue weighted by Crippen LogP contribution is 2.42. The fourth-order valence-corrected chi connectivity index (χ4v) is 5.83. The van der Waals surface area contributed by atoms with Crippen LogP contribution in [0.3, 0.4) is 0 Å². The molecule has 0 saturated carbocycles. The van der Waals surface area contributed by atoms with Gasteiger partial charge in [-0.15, -0.1) is 20.4 Å². The summed E-state index contributed by atoms with van der Waals surface area (Å²) in [5, 5.41) is 63.4. The van der Waals surface area contributed by atoms with Crippen LogP contribution in [0, 0.1) is 23.3 Å². The van der Waals surface area contributed by atoms with Crippen molar-refractivity contribution in [1.82, 2.24) is 60.6 Å². The van der Waals surface area contributed by atoms with Gasteiger partial charge in [-0.1, -0.05) is 107 Å². The first-order valence-corrected chi connectivity index (χ1v) is 16.6. The Bertz CT molecular complexity index is 2720. The molecule has 16 nitrogen and oxygen atoms in total. The highest BCUT2D eigenvalue weighted by Gasteiger charge is 2.41. The number of rotatable bonds is 1. The third-order valence-corrected chi connectivity index (χ3v) is 9.92. The molecule has 302 valence electrons. The number of benzene rings is 4. The van der Waals surface area contributed by atoms with Gasteiger partial charge in [0.2, 0.25) is 6.17 Å². The minimum Gasteiger partial charge on any atom is -0.410 e. The Kier molecular flexibility index (Phi) is 12.6. The van der Waals surface area contributed by atoms with Gasteiger partial charge in [0.25, 0.3) is 0 Å². The molecule has 4 aromatic carbocycles. The van der Waals surface area contributed by atoms with E-state index in [-0.39, 0.29) is 62.1 Å². The first-order valence-electron chi connectivity index (χ1n) is 13.9. The molecule has 8 rings (SSSR count). The van der Waals surface area contributed by atoms with Gasteiger partial charge in [0, 0.05) is 0 Å². The fourth-order valence-electron chi connectivity index (χ4n) is 4.25. The van der Waals surface area contributed by atoms with Crippen molar-refractivity contribution in [2.24, 2.45) is 0 Å². The first-order chi connectivity index (χ1) is 26.6. The lowest BCUT2D eigenvalue weighted by molar-refractivity contribution is -0.182. The molecular formula is C26H9Cl7F8N12O4. The number of hydrogen-bond donors (Lipinski definition) is 4. The lowest BCUT2D eigenvalue weighted by atomic mass is 10.1. The molecule has 57 heavy (non-hydrogen) atoms. The Morgan fingerprint density at radius 1 is 0.509 bits per heavy atom. The highest BCUT2D eigenvalue weighted by molar-refractivity contribution is 6.55. The monoisotopic (exact) mass is 950 g/mol. The molecule has 0 amide bonds. The van der Waals surface area contributed by atoms with Gasteiger partial charge in [0.15, 0.2) is 39.8 Å². The van der Waals surface area contributed by atoms with Crippen molar-refractivity contribution in [3.63, 3.8) is 0 Å². The number of fused-ring (bicyclic) bond motifs is 4. The molecule has 0 saturated heterocycles. The normalized spacial score (nSPS) is 12.0. The number of halogens is 15. The van der Waals surface area contributed by atoms with Crippen molar-refractivity contribution in [1.29, 1.82) is 0 Å². The molecular weight excluding hydrogens is 945 g/mol. The maximum atomic E-state index is 13.0. The summed E-state index contributed by atoms with van der Waals surface area (Å²) in [5.41, 5.74) is -1.34. The molecule has 31 heteroatoms. The third-order valence-electron chi connectivity index (χ3n) is 6.89. The summed E-state index contributed by atoms with van der Waals surface area (Å²) < 4.78 is 100. The molecule has 8 aromatic rings. The Morgan fingerprint density at radius 3 is 1.63 bits per heavy atom. The molecule has 0 bridgehead atoms. The summed E-state index contributed by atoms with van der Waals surface area (Å²) in [5.74, 6) is -7.45. The van der Waals surface area contributed by atoms with Crippen molar-refractivity contribution < 1.29 is 56.0 Å². The van der Waals surface area contributed by atoms with Crippen molar-refractivity contribution in [2.75, 3.05) is 0 Å². The van der Waals surface area contributed by atoms with E-state index < -0.39 is 52.2 Å². The van der Waals surface area contributed by atoms with Crippen LogP contribution in [-0.4, -0.2) is 87.6 Å². The molecule has 4 aromatic heterocycles. The summed E-state index contributed by atoms with van der Waals surface area (Å²) in [6.07, 6.45) is -8.06. The van der Waals surface area contributed by atoms with Crippen LogP contribution in [0.2, 0.25) is 35.2 Å². The molecule has 0 aliphatic rings. The number of nitrogens with zero attached hydrogens (tertiary/aromatic N) is 12. The van der Waals surface area contributed by atoms with E-state index in [1.54, 1.807) is 0 Å². The summed E-state index contributed by atoms with van der Waals surface area (Å²) in [7, 11) is 0. The van der Waals surface area contributed by atoms with Gasteiger partial charge in [0.05, 0.1) is 35.2 Å². The minimum absolute atomic E-state index is 0.0587. The van der Waals surface area contributed by atoms with Gasteiger partial charge in [-0.05, 0) is 44.6 Å². The fraction of sp³-hybridized carbons (Fsp3) is 0.0769. The van der Waals surface area contributed by atoms with E-state index in [4.69, 9.17) is 96.8 Å². The van der Waals surface area contributed by atoms with Crippen molar-refractivity contribution in [2.45, 2.75) is 12.3 Å². The zero-order valence-electron chi connectivity index (χ0n) is 26.2. The smallest absolute Gasteiger partial charge is 0.410 e. The summed E-state index contributed by atoms with van der Waals surface area (Å²) in [6, 6.07) is 4.40. The average Bonchev–Trinajstić information content (AvgIpc) is 3.96. The second-order valence-corrected chi connectivity index (χ2v) is 13.0. The first kappa shape index (κ1) is 43.3. The molecule has 0 fully saturated rings. The van der Waals surface area contributed by atoms with Gasteiger partial charge < -0.3 is 20.8 Å². The van der Waals surface area contributed by atoms with Crippen LogP contribution in [0.15, 0.2) is 24.3 Å². The van der Waals surface area contributed by atoms with Gasteiger partial charge in [-0.25, -0.2) is 22.0 Å². The van der Waals surface area contributed by atoms with E-state index in [9.17, 15) is 40.3 Å². The Hall–Kier alpha value is -4.85. The van der Waals surface area contributed by atoms with Crippen LogP contribution in [0.4, 0.5) is 35.1 Å². The largest absolute Gasteiger partial charge is 0.423 e. The molecule has 0 aliphatic heterocycles. The lowest BCUT2D eigenvalue weighted by Crippen LogP contribution is -2.16. The van der Waals surface area contributed by atoms with E-state index in [0.717, 1.165) is 18.2 Å². The Morgan fingerprint density at radius 2 is 1.00 bits per heavy atom. The maximum absolute atomic E-state index is 13.0. The average molecular weight is 954 g/mol. The second-order valence-electron chi connectivity index (χ2n) is 10.3. The predicted octanol–water partition coefficient (Wildman–Crippen LogP) is 9.38. The maximum Gasteiger partial charge on any atom is 0.423 e. The molecule has 1 atom stereocenters. The number of alkyl halides is 4. The number of hydrogen-bond acceptors (Lipinski definition) is 12. The van der Waals surface area contributed by atoms with Gasteiger partial charge in [0.1, 0.15) is 27.6 Å². The Balaban J connectivity index is 0.000000145. The summed E-state index contributed by atoms with van der Waals surface area (Å²) in [6.45, 7) is 0. The molecule has 0 radical (unpaired) electrons. The standard InChI is InChI=1S/C8H5F4N3O.C6HCl4N3O.C6H2Cl3N3O.C6HF4N3O/c9-7(8(10,11)12)4-1-2-5-6(3-4)15(16)14-13-5;7-1-2(8)4(10)6-5(3(1)9)11-12-13(6)14;7-2-1-3-6(5(9)4(2)8)10-11-12(3)13;7-1-2(8)4(10)6-5(3(1)9)11-12-13(6)14/h1-3,7,16H;14H;1,13H;14H. The second kappa shape index (κ2) is 16.6. The van der Waals surface area contributed by atoms with Gasteiger partial charge in [-0.2, -0.15) is 13.2 Å². The predicted molar refractivity (Wildman–Crippen MR) is 184 cm³/mol. The van der Waals surface area contributed by atoms with Crippen LogP contribution in [0.1, 0.15) is 11.7 Å². The van der Waals surface area contributed by atoms with Crippen molar-refractivity contribution >= 4 is 125 Å². The van der Waals surface area contributed by atoms with Crippen molar-refractivity contribution in [3.8, 4) is 0 Å². The quantitative estimate of drug-likeness (QED) is 0.0526. The number of aromatic nitrogens is 12. The topological polar surface area (TPSA) is 204 Å². The summed E-state index contributed by atoms with van der Waals surface area (Å²) >= 11 is 40.4. The van der Waals surface area contributed by atoms with E-state index >= 15 is 0 Å². The van der Waals surface area contributed by atoms with E-state index in [1.807, 2.05) is 0 Å². The third kappa shape index (κ3) is 8.28. The Labute approximate surface area is 341 Å². The van der Waals surface area contributed by atoms with Crippen LogP contribution in [0.25, 0.3) is 44.1 Å². The molecule has 0 spiro atoms. The zero-order valence-corrected chi connectivity index (χ0v) is 31.5. The molecule has 1 unspecified atom stereocenters. The van der Waals surface area contributed by atoms with Crippen LogP contribution in [-0.2, 0) is 0 Å². The zero-order chi connectivity index (χ0) is 42.4. The molecule has 0 aliphatic carbocycles. The van der Waals surface area contributed by atoms with E-state index in [2.05, 4.69) is 41.2 Å². The molecule has 4 N–H and O–H groups in total. The van der Waals surface area contributed by atoms with Crippen LogP contribution in [0.5, 0.6) is 0 Å². The SMILES string of the molecule is On1nnc2c(Cl)c(Cl)c(Cl)c(Cl)c21.On1nnc2c(Cl)c(Cl)c(Cl)cc21.On1nnc2c(F)c(F)c(F)c(F)c21.On1nnc2ccc(C(F)C(F)(F)F)cc21. The van der Waals surface area contributed by atoms with Crippen LogP contribution < -0.4 is 0 Å². The minimum atomic E-state index is -4.97.